The number of rotatable bonds is 4. The van der Waals surface area contributed by atoms with E-state index in [-0.39, 0.29) is 0 Å². The van der Waals surface area contributed by atoms with Gasteiger partial charge in [-0.05, 0) is 148 Å². The Morgan fingerprint density at radius 3 is 1.42 bits per heavy atom. The van der Waals surface area contributed by atoms with Crippen molar-refractivity contribution in [3.8, 4) is 33.4 Å². The lowest BCUT2D eigenvalue weighted by atomic mass is 9.70. The molecule has 2 heteroatoms. The molecular weight excluding hydrogens is 811 g/mol. The van der Waals surface area contributed by atoms with Crippen LogP contribution in [0.5, 0.6) is 0 Å². The Morgan fingerprint density at radius 1 is 0.284 bits per heavy atom. The van der Waals surface area contributed by atoms with E-state index < -0.39 is 5.41 Å². The van der Waals surface area contributed by atoms with Crippen molar-refractivity contribution in [2.24, 2.45) is 0 Å². The van der Waals surface area contributed by atoms with E-state index in [1.165, 1.54) is 82.2 Å². The molecule has 0 bridgehead atoms. The second-order valence-corrected chi connectivity index (χ2v) is 18.3. The van der Waals surface area contributed by atoms with Gasteiger partial charge in [-0.2, -0.15) is 0 Å². The van der Waals surface area contributed by atoms with Crippen molar-refractivity contribution in [2.75, 3.05) is 4.90 Å². The maximum atomic E-state index is 6.51. The summed E-state index contributed by atoms with van der Waals surface area (Å²) in [6, 6.07) is 87.7. The number of nitrogens with zero attached hydrogens (tertiary/aromatic N) is 1. The highest BCUT2D eigenvalue weighted by molar-refractivity contribution is 6.26. The standard InChI is InChI=1S/C65H39NO/c1-2-14-46-41(13-1)27-33-56-58-37-42(28-36-63(58)67-64(46)56)40-25-29-43(30-26-40)66(44-31-34-51-49-17-4-3-15-47(49)48-16-5-6-18-50(48)57(51)38-44)45-32-35-55-54-21-9-12-24-61(54)65(62(55)39-45)59-22-10-7-19-52(59)53-20-8-11-23-60(53)65/h1-39H. The molecule has 15 rings (SSSR count). The molecule has 0 N–H and O–H groups in total. The summed E-state index contributed by atoms with van der Waals surface area (Å²) in [5.74, 6) is 0. The molecule has 0 aliphatic heterocycles. The molecule has 2 aliphatic carbocycles. The molecule has 0 saturated heterocycles. The van der Waals surface area contributed by atoms with E-state index >= 15 is 0 Å². The minimum Gasteiger partial charge on any atom is -0.455 e. The van der Waals surface area contributed by atoms with E-state index in [2.05, 4.69) is 241 Å². The fourth-order valence-electron chi connectivity index (χ4n) is 12.2. The molecule has 2 nitrogen and oxygen atoms in total. The normalized spacial score (nSPS) is 13.2. The quantitative estimate of drug-likeness (QED) is 0.164. The van der Waals surface area contributed by atoms with Gasteiger partial charge in [0.05, 0.1) is 5.41 Å². The van der Waals surface area contributed by atoms with E-state index in [0.29, 0.717) is 0 Å². The van der Waals surface area contributed by atoms with Crippen LogP contribution in [0, 0.1) is 0 Å². The predicted molar refractivity (Wildman–Crippen MR) is 280 cm³/mol. The molecule has 0 unspecified atom stereocenters. The van der Waals surface area contributed by atoms with Crippen LogP contribution in [0.3, 0.4) is 0 Å². The Kier molecular flexibility index (Phi) is 7.46. The lowest BCUT2D eigenvalue weighted by Crippen LogP contribution is -2.26. The highest BCUT2D eigenvalue weighted by Crippen LogP contribution is 2.63. The number of anilines is 3. The summed E-state index contributed by atoms with van der Waals surface area (Å²) in [6.07, 6.45) is 0. The van der Waals surface area contributed by atoms with Crippen molar-refractivity contribution >= 4 is 82.1 Å². The summed E-state index contributed by atoms with van der Waals surface area (Å²) >= 11 is 0. The molecule has 1 heterocycles. The summed E-state index contributed by atoms with van der Waals surface area (Å²) in [6.45, 7) is 0. The van der Waals surface area contributed by atoms with Gasteiger partial charge in [-0.25, -0.2) is 0 Å². The van der Waals surface area contributed by atoms with Gasteiger partial charge in [0, 0.05) is 33.2 Å². The van der Waals surface area contributed by atoms with E-state index in [0.717, 1.165) is 55.5 Å². The first-order chi connectivity index (χ1) is 33.2. The Balaban J connectivity index is 0.944. The first-order valence-corrected chi connectivity index (χ1v) is 23.2. The van der Waals surface area contributed by atoms with Gasteiger partial charge < -0.3 is 9.32 Å². The number of hydrogen-bond donors (Lipinski definition) is 0. The minimum atomic E-state index is -0.453. The number of benzene rings is 12. The fourth-order valence-corrected chi connectivity index (χ4v) is 12.2. The molecule has 2 aliphatic rings. The van der Waals surface area contributed by atoms with Crippen LogP contribution in [0.15, 0.2) is 241 Å². The van der Waals surface area contributed by atoms with Crippen LogP contribution >= 0.6 is 0 Å². The van der Waals surface area contributed by atoms with Gasteiger partial charge in [0.2, 0.25) is 0 Å². The second-order valence-electron chi connectivity index (χ2n) is 18.3. The molecular formula is C65H39NO. The lowest BCUT2D eigenvalue weighted by molar-refractivity contribution is 0.672. The van der Waals surface area contributed by atoms with Crippen LogP contribution in [0.4, 0.5) is 17.1 Å². The largest absolute Gasteiger partial charge is 0.455 e. The topological polar surface area (TPSA) is 16.4 Å². The van der Waals surface area contributed by atoms with Crippen LogP contribution in [0.25, 0.3) is 98.4 Å². The monoisotopic (exact) mass is 849 g/mol. The molecule has 12 aromatic carbocycles. The Morgan fingerprint density at radius 2 is 0.761 bits per heavy atom. The lowest BCUT2D eigenvalue weighted by Gasteiger charge is -2.32. The maximum Gasteiger partial charge on any atom is 0.143 e. The van der Waals surface area contributed by atoms with Gasteiger partial charge in [-0.1, -0.05) is 182 Å². The highest BCUT2D eigenvalue weighted by atomic mass is 16.3. The van der Waals surface area contributed by atoms with Crippen molar-refractivity contribution in [1.29, 1.82) is 0 Å². The van der Waals surface area contributed by atoms with Gasteiger partial charge >= 0.3 is 0 Å². The zero-order valence-corrected chi connectivity index (χ0v) is 36.4. The van der Waals surface area contributed by atoms with Crippen LogP contribution in [-0.2, 0) is 5.41 Å². The Hall–Kier alpha value is -8.72. The van der Waals surface area contributed by atoms with Crippen LogP contribution in [0.1, 0.15) is 22.3 Å². The van der Waals surface area contributed by atoms with Crippen molar-refractivity contribution in [3.63, 3.8) is 0 Å². The van der Waals surface area contributed by atoms with E-state index in [1.54, 1.807) is 0 Å². The molecule has 0 atom stereocenters. The van der Waals surface area contributed by atoms with E-state index in [1.807, 2.05) is 0 Å². The van der Waals surface area contributed by atoms with Crippen molar-refractivity contribution in [1.82, 2.24) is 0 Å². The highest BCUT2D eigenvalue weighted by Gasteiger charge is 2.51. The second kappa shape index (κ2) is 13.7. The van der Waals surface area contributed by atoms with Crippen molar-refractivity contribution in [2.45, 2.75) is 5.41 Å². The number of fused-ring (bicyclic) bond motifs is 21. The first kappa shape index (κ1) is 36.6. The molecule has 1 aromatic heterocycles. The summed E-state index contributed by atoms with van der Waals surface area (Å²) in [4.78, 5) is 2.47. The first-order valence-electron chi connectivity index (χ1n) is 23.2. The minimum absolute atomic E-state index is 0.453. The maximum absolute atomic E-state index is 6.51. The van der Waals surface area contributed by atoms with Gasteiger partial charge in [0.1, 0.15) is 11.2 Å². The predicted octanol–water partition coefficient (Wildman–Crippen LogP) is 17.7. The fraction of sp³-hybridized carbons (Fsp3) is 0.0154. The number of hydrogen-bond acceptors (Lipinski definition) is 2. The average Bonchev–Trinajstić information content (AvgIpc) is 4.03. The third-order valence-electron chi connectivity index (χ3n) is 15.0. The van der Waals surface area contributed by atoms with Crippen LogP contribution in [-0.4, -0.2) is 0 Å². The summed E-state index contributed by atoms with van der Waals surface area (Å²) < 4.78 is 6.51. The van der Waals surface area contributed by atoms with Gasteiger partial charge in [0.15, 0.2) is 0 Å². The Bertz CT molecular complexity index is 4130. The molecule has 1 spiro atoms. The average molecular weight is 850 g/mol. The number of furan rings is 1. The van der Waals surface area contributed by atoms with Gasteiger partial charge in [0.25, 0.3) is 0 Å². The van der Waals surface area contributed by atoms with E-state index in [9.17, 15) is 0 Å². The third-order valence-corrected chi connectivity index (χ3v) is 15.0. The smallest absolute Gasteiger partial charge is 0.143 e. The molecule has 0 fully saturated rings. The van der Waals surface area contributed by atoms with Crippen LogP contribution in [0.2, 0.25) is 0 Å². The zero-order chi connectivity index (χ0) is 43.8. The molecule has 13 aromatic rings. The summed E-state index contributed by atoms with van der Waals surface area (Å²) in [5, 5.41) is 12.2. The van der Waals surface area contributed by atoms with E-state index in [4.69, 9.17) is 4.42 Å². The SMILES string of the molecule is c1ccc2c(c1)-c1ccccc1C21c2ccccc2-c2ccc(N(c3ccc(-c4ccc5oc6c7ccccc7ccc6c5c4)cc3)c3ccc4c5ccccc5c5ccccc5c4c3)cc21. The molecule has 0 radical (unpaired) electrons. The van der Waals surface area contributed by atoms with Gasteiger partial charge in [-0.15, -0.1) is 0 Å². The summed E-state index contributed by atoms with van der Waals surface area (Å²) in [5.41, 5.74) is 17.5. The molecule has 310 valence electrons. The summed E-state index contributed by atoms with van der Waals surface area (Å²) in [7, 11) is 0. The van der Waals surface area contributed by atoms with Crippen LogP contribution < -0.4 is 4.90 Å². The van der Waals surface area contributed by atoms with Crippen molar-refractivity contribution in [3.05, 3.63) is 259 Å². The van der Waals surface area contributed by atoms with Crippen molar-refractivity contribution < 1.29 is 4.42 Å². The molecule has 0 amide bonds. The molecule has 0 saturated carbocycles. The van der Waals surface area contributed by atoms with Gasteiger partial charge in [-0.3, -0.25) is 0 Å². The molecule has 67 heavy (non-hydrogen) atoms. The third kappa shape index (κ3) is 4.99. The Labute approximate surface area is 387 Å². The zero-order valence-electron chi connectivity index (χ0n) is 36.4.